The van der Waals surface area contributed by atoms with Crippen LogP contribution >= 0.6 is 0 Å². The molecule has 2 saturated carbocycles. The Hall–Kier alpha value is -0.590. The lowest BCUT2D eigenvalue weighted by Gasteiger charge is -2.36. The molecule has 3 aliphatic carbocycles. The monoisotopic (exact) mass is 176 g/mol. The number of rotatable bonds is 0. The minimum Gasteiger partial charge on any atom is -0.300 e. The predicted molar refractivity (Wildman–Crippen MR) is 51.3 cm³/mol. The molecule has 0 aliphatic heterocycles. The summed E-state index contributed by atoms with van der Waals surface area (Å²) in [6, 6.07) is 0. The average molecular weight is 176 g/mol. The van der Waals surface area contributed by atoms with Crippen molar-refractivity contribution in [3.63, 3.8) is 0 Å². The van der Waals surface area contributed by atoms with E-state index in [1.54, 1.807) is 0 Å². The standard InChI is InChI=1S/C12H16O/c13-11-7-10-5-4-9-3-1-2-6-12(9,10)8-11/h1-2,9-10H,3-8H2/t9-,10+,12+/m0/s1. The molecule has 3 rings (SSSR count). The molecule has 0 radical (unpaired) electrons. The number of Topliss-reactive ketones (excluding diaryl/α,β-unsaturated/α-hetero) is 1. The van der Waals surface area contributed by atoms with Crippen LogP contribution in [0.5, 0.6) is 0 Å². The lowest BCUT2D eigenvalue weighted by Crippen LogP contribution is -2.29. The van der Waals surface area contributed by atoms with E-state index in [1.165, 1.54) is 25.7 Å². The lowest BCUT2D eigenvalue weighted by atomic mass is 9.68. The van der Waals surface area contributed by atoms with Crippen LogP contribution in [0.25, 0.3) is 0 Å². The summed E-state index contributed by atoms with van der Waals surface area (Å²) in [7, 11) is 0. The van der Waals surface area contributed by atoms with Crippen molar-refractivity contribution in [1.82, 2.24) is 0 Å². The van der Waals surface area contributed by atoms with Crippen LogP contribution in [0.1, 0.15) is 38.5 Å². The van der Waals surface area contributed by atoms with Crippen LogP contribution in [0.15, 0.2) is 12.2 Å². The van der Waals surface area contributed by atoms with Gasteiger partial charge in [0.2, 0.25) is 0 Å². The topological polar surface area (TPSA) is 17.1 Å². The van der Waals surface area contributed by atoms with Gasteiger partial charge in [0, 0.05) is 12.8 Å². The molecule has 3 aliphatic rings. The second kappa shape index (κ2) is 2.46. The molecule has 0 unspecified atom stereocenters. The minimum absolute atomic E-state index is 0.436. The van der Waals surface area contributed by atoms with E-state index >= 15 is 0 Å². The molecule has 0 heterocycles. The quantitative estimate of drug-likeness (QED) is 0.519. The van der Waals surface area contributed by atoms with Crippen molar-refractivity contribution in [3.8, 4) is 0 Å². The fraction of sp³-hybridized carbons (Fsp3) is 0.750. The van der Waals surface area contributed by atoms with Crippen LogP contribution in [-0.4, -0.2) is 5.78 Å². The van der Waals surface area contributed by atoms with Crippen molar-refractivity contribution >= 4 is 5.78 Å². The van der Waals surface area contributed by atoms with Gasteiger partial charge in [-0.1, -0.05) is 12.2 Å². The van der Waals surface area contributed by atoms with Crippen molar-refractivity contribution in [2.75, 3.05) is 0 Å². The molecule has 0 bridgehead atoms. The van der Waals surface area contributed by atoms with E-state index in [2.05, 4.69) is 12.2 Å². The molecule has 3 atom stereocenters. The van der Waals surface area contributed by atoms with Crippen molar-refractivity contribution in [2.24, 2.45) is 17.3 Å². The van der Waals surface area contributed by atoms with E-state index in [0.717, 1.165) is 24.7 Å². The predicted octanol–water partition coefficient (Wildman–Crippen LogP) is 2.71. The molecule has 1 nitrogen and oxygen atoms in total. The van der Waals surface area contributed by atoms with Crippen LogP contribution in [-0.2, 0) is 4.79 Å². The Morgan fingerprint density at radius 2 is 2.08 bits per heavy atom. The number of allylic oxidation sites excluding steroid dienone is 2. The third-order valence-corrected chi connectivity index (χ3v) is 4.58. The molecule has 0 aromatic heterocycles. The molecule has 70 valence electrons. The minimum atomic E-state index is 0.436. The summed E-state index contributed by atoms with van der Waals surface area (Å²) in [6.45, 7) is 0. The molecular formula is C12H16O. The summed E-state index contributed by atoms with van der Waals surface area (Å²) in [5.74, 6) is 2.12. The van der Waals surface area contributed by atoms with E-state index in [9.17, 15) is 4.79 Å². The van der Waals surface area contributed by atoms with Crippen LogP contribution < -0.4 is 0 Å². The summed E-state index contributed by atoms with van der Waals surface area (Å²) >= 11 is 0. The zero-order valence-corrected chi connectivity index (χ0v) is 7.96. The summed E-state index contributed by atoms with van der Waals surface area (Å²) in [5.41, 5.74) is 0.436. The van der Waals surface area contributed by atoms with Gasteiger partial charge in [0.05, 0.1) is 0 Å². The SMILES string of the molecule is O=C1C[C@H]2CC[C@@H]3CC=CC[C@]23C1. The van der Waals surface area contributed by atoms with E-state index in [0.29, 0.717) is 11.2 Å². The van der Waals surface area contributed by atoms with Gasteiger partial charge in [0.25, 0.3) is 0 Å². The zero-order valence-electron chi connectivity index (χ0n) is 7.96. The summed E-state index contributed by atoms with van der Waals surface area (Å²) < 4.78 is 0. The number of hydrogen-bond acceptors (Lipinski definition) is 1. The van der Waals surface area contributed by atoms with Gasteiger partial charge >= 0.3 is 0 Å². The number of ketones is 1. The zero-order chi connectivity index (χ0) is 8.89. The second-order valence-electron chi connectivity index (χ2n) is 5.04. The Balaban J connectivity index is 1.99. The van der Waals surface area contributed by atoms with Crippen molar-refractivity contribution in [2.45, 2.75) is 38.5 Å². The maximum atomic E-state index is 11.5. The van der Waals surface area contributed by atoms with Gasteiger partial charge in [-0.3, -0.25) is 4.79 Å². The normalized spacial score (nSPS) is 47.8. The highest BCUT2D eigenvalue weighted by atomic mass is 16.1. The first-order valence-corrected chi connectivity index (χ1v) is 5.48. The number of carbonyl (C=O) groups is 1. The first kappa shape index (κ1) is 7.78. The fourth-order valence-corrected chi connectivity index (χ4v) is 3.94. The smallest absolute Gasteiger partial charge is 0.133 e. The fourth-order valence-electron chi connectivity index (χ4n) is 3.94. The van der Waals surface area contributed by atoms with E-state index in [4.69, 9.17) is 0 Å². The first-order valence-electron chi connectivity index (χ1n) is 5.48. The molecule has 0 amide bonds. The highest BCUT2D eigenvalue weighted by Gasteiger charge is 2.54. The van der Waals surface area contributed by atoms with Gasteiger partial charge in [0.15, 0.2) is 0 Å². The van der Waals surface area contributed by atoms with Crippen molar-refractivity contribution < 1.29 is 4.79 Å². The maximum absolute atomic E-state index is 11.5. The van der Waals surface area contributed by atoms with E-state index in [-0.39, 0.29) is 0 Å². The molecule has 2 fully saturated rings. The third-order valence-electron chi connectivity index (χ3n) is 4.58. The molecule has 0 aromatic carbocycles. The number of carbonyl (C=O) groups excluding carboxylic acids is 1. The van der Waals surface area contributed by atoms with Gasteiger partial charge in [-0.25, -0.2) is 0 Å². The molecular weight excluding hydrogens is 160 g/mol. The largest absolute Gasteiger partial charge is 0.300 e. The van der Waals surface area contributed by atoms with Gasteiger partial charge in [0.1, 0.15) is 5.78 Å². The molecule has 0 aromatic rings. The molecule has 0 N–H and O–H groups in total. The third kappa shape index (κ3) is 0.905. The highest BCUT2D eigenvalue weighted by molar-refractivity contribution is 5.82. The number of hydrogen-bond donors (Lipinski definition) is 0. The molecule has 13 heavy (non-hydrogen) atoms. The average Bonchev–Trinajstić information content (AvgIpc) is 2.57. The van der Waals surface area contributed by atoms with E-state index in [1.807, 2.05) is 0 Å². The van der Waals surface area contributed by atoms with Crippen LogP contribution in [0.3, 0.4) is 0 Å². The Labute approximate surface area is 79.2 Å². The lowest BCUT2D eigenvalue weighted by molar-refractivity contribution is -0.118. The molecule has 1 spiro atoms. The van der Waals surface area contributed by atoms with Gasteiger partial charge in [-0.05, 0) is 42.9 Å². The maximum Gasteiger partial charge on any atom is 0.133 e. The summed E-state index contributed by atoms with van der Waals surface area (Å²) in [5, 5.41) is 0. The van der Waals surface area contributed by atoms with Gasteiger partial charge < -0.3 is 0 Å². The van der Waals surface area contributed by atoms with Crippen LogP contribution in [0.2, 0.25) is 0 Å². The van der Waals surface area contributed by atoms with Crippen LogP contribution in [0, 0.1) is 17.3 Å². The van der Waals surface area contributed by atoms with Crippen LogP contribution in [0.4, 0.5) is 0 Å². The molecule has 0 saturated heterocycles. The summed E-state index contributed by atoms with van der Waals surface area (Å²) in [4.78, 5) is 11.5. The first-order chi connectivity index (χ1) is 6.31. The van der Waals surface area contributed by atoms with Crippen molar-refractivity contribution in [3.05, 3.63) is 12.2 Å². The van der Waals surface area contributed by atoms with E-state index < -0.39 is 0 Å². The Kier molecular flexibility index (Phi) is 1.47. The Morgan fingerprint density at radius 3 is 3.00 bits per heavy atom. The molecule has 1 heteroatoms. The van der Waals surface area contributed by atoms with Gasteiger partial charge in [-0.2, -0.15) is 0 Å². The highest BCUT2D eigenvalue weighted by Crippen LogP contribution is 2.60. The Morgan fingerprint density at radius 1 is 1.23 bits per heavy atom. The summed E-state index contributed by atoms with van der Waals surface area (Å²) in [6.07, 6.45) is 11.5. The van der Waals surface area contributed by atoms with Gasteiger partial charge in [-0.15, -0.1) is 0 Å². The van der Waals surface area contributed by atoms with Crippen molar-refractivity contribution in [1.29, 1.82) is 0 Å². The Bertz CT molecular complexity index is 275. The second-order valence-corrected chi connectivity index (χ2v) is 5.04.